The Hall–Kier alpha value is -1.91. The van der Waals surface area contributed by atoms with Gasteiger partial charge in [0.25, 0.3) is 10.0 Å². The predicted octanol–water partition coefficient (Wildman–Crippen LogP) is 6.01. The van der Waals surface area contributed by atoms with Crippen molar-refractivity contribution in [3.05, 3.63) is 63.0 Å². The maximum atomic E-state index is 12.3. The molecule has 140 valence electrons. The Morgan fingerprint density at radius 3 is 2.30 bits per heavy atom. The van der Waals surface area contributed by atoms with Gasteiger partial charge in [-0.25, -0.2) is 13.4 Å². The highest BCUT2D eigenvalue weighted by atomic mass is 35.5. The Morgan fingerprint density at radius 2 is 1.70 bits per heavy atom. The fourth-order valence-corrected chi connectivity index (χ4v) is 4.60. The molecule has 0 unspecified atom stereocenters. The van der Waals surface area contributed by atoms with Crippen LogP contribution in [0.4, 0.5) is 16.5 Å². The van der Waals surface area contributed by atoms with E-state index in [4.69, 9.17) is 34.8 Å². The molecule has 0 bridgehead atoms. The van der Waals surface area contributed by atoms with E-state index in [0.29, 0.717) is 15.8 Å². The first-order chi connectivity index (χ1) is 12.8. The molecule has 27 heavy (non-hydrogen) atoms. The first-order valence-corrected chi connectivity index (χ1v) is 10.7. The Labute approximate surface area is 174 Å². The molecule has 0 radical (unpaired) electrons. The second kappa shape index (κ2) is 8.41. The fraction of sp³-hybridized carbons (Fsp3) is 0. The van der Waals surface area contributed by atoms with E-state index in [2.05, 4.69) is 25.5 Å². The van der Waals surface area contributed by atoms with Gasteiger partial charge < -0.3 is 0 Å². The van der Waals surface area contributed by atoms with Gasteiger partial charge in [-0.2, -0.15) is 0 Å². The van der Waals surface area contributed by atoms with Gasteiger partial charge in [0.15, 0.2) is 5.13 Å². The normalized spacial score (nSPS) is 11.7. The van der Waals surface area contributed by atoms with Crippen molar-refractivity contribution < 1.29 is 8.42 Å². The van der Waals surface area contributed by atoms with Crippen molar-refractivity contribution in [1.29, 1.82) is 0 Å². The van der Waals surface area contributed by atoms with Crippen molar-refractivity contribution in [2.24, 2.45) is 10.3 Å². The maximum Gasteiger partial charge on any atom is 0.263 e. The summed E-state index contributed by atoms with van der Waals surface area (Å²) in [4.78, 5) is 3.98. The molecular formula is C15H10Cl3N5O2S2. The van der Waals surface area contributed by atoms with Crippen LogP contribution in [0.1, 0.15) is 0 Å². The molecule has 0 atom stereocenters. The monoisotopic (exact) mass is 461 g/mol. The lowest BCUT2D eigenvalue weighted by molar-refractivity contribution is 0.601. The molecular weight excluding hydrogens is 453 g/mol. The number of aromatic nitrogens is 1. The zero-order valence-corrected chi connectivity index (χ0v) is 17.1. The number of hydrogen-bond donors (Lipinski definition) is 2. The fourth-order valence-electron chi connectivity index (χ4n) is 1.92. The van der Waals surface area contributed by atoms with E-state index < -0.39 is 10.0 Å². The number of nitrogens with one attached hydrogen (secondary N) is 2. The Kier molecular flexibility index (Phi) is 6.18. The number of sulfonamides is 1. The second-order valence-corrected chi connectivity index (χ2v) is 8.82. The van der Waals surface area contributed by atoms with E-state index in [0.717, 1.165) is 0 Å². The lowest BCUT2D eigenvalue weighted by Gasteiger charge is -2.06. The minimum atomic E-state index is -3.71. The summed E-state index contributed by atoms with van der Waals surface area (Å²) in [6.45, 7) is 0. The van der Waals surface area contributed by atoms with Crippen LogP contribution in [0.3, 0.4) is 0 Å². The average molecular weight is 463 g/mol. The third-order valence-electron chi connectivity index (χ3n) is 3.13. The highest BCUT2D eigenvalue weighted by molar-refractivity contribution is 7.93. The molecule has 0 aliphatic carbocycles. The van der Waals surface area contributed by atoms with E-state index in [9.17, 15) is 8.42 Å². The number of thiazole rings is 1. The Balaban J connectivity index is 1.69. The summed E-state index contributed by atoms with van der Waals surface area (Å²) in [7, 11) is -3.71. The number of halogens is 3. The molecule has 1 aromatic heterocycles. The van der Waals surface area contributed by atoms with Gasteiger partial charge in [-0.3, -0.25) is 10.1 Å². The summed E-state index contributed by atoms with van der Waals surface area (Å²) in [5, 5.41) is 10.6. The highest BCUT2D eigenvalue weighted by Gasteiger charge is 2.15. The molecule has 12 heteroatoms. The smallest absolute Gasteiger partial charge is 0.260 e. The SMILES string of the molecule is O=S(=O)(Nc1nccs1)c1ccc(NN=Nc2c(Cl)cc(Cl)cc2Cl)cc1. The maximum absolute atomic E-state index is 12.3. The van der Waals surface area contributed by atoms with Crippen LogP contribution < -0.4 is 10.1 Å². The van der Waals surface area contributed by atoms with Crippen LogP contribution >= 0.6 is 46.1 Å². The van der Waals surface area contributed by atoms with E-state index in [1.165, 1.54) is 41.8 Å². The molecule has 0 fully saturated rings. The molecule has 3 aromatic rings. The number of benzene rings is 2. The molecule has 3 rings (SSSR count). The molecule has 2 aromatic carbocycles. The molecule has 1 heterocycles. The Bertz CT molecular complexity index is 1050. The first kappa shape index (κ1) is 19.8. The van der Waals surface area contributed by atoms with Crippen LogP contribution in [0.5, 0.6) is 0 Å². The van der Waals surface area contributed by atoms with E-state index >= 15 is 0 Å². The van der Waals surface area contributed by atoms with Crippen LogP contribution in [0.15, 0.2) is 63.2 Å². The van der Waals surface area contributed by atoms with Crippen LogP contribution in [-0.4, -0.2) is 13.4 Å². The van der Waals surface area contributed by atoms with E-state index in [1.807, 2.05) is 0 Å². The summed E-state index contributed by atoms with van der Waals surface area (Å²) < 4.78 is 26.9. The molecule has 0 amide bonds. The summed E-state index contributed by atoms with van der Waals surface area (Å²) in [6, 6.07) is 8.93. The molecule has 7 nitrogen and oxygen atoms in total. The minimum absolute atomic E-state index is 0.0870. The topological polar surface area (TPSA) is 95.8 Å². The van der Waals surface area contributed by atoms with Crippen LogP contribution in [0.25, 0.3) is 0 Å². The summed E-state index contributed by atoms with van der Waals surface area (Å²) in [5.41, 5.74) is 3.46. The van der Waals surface area contributed by atoms with Crippen LogP contribution in [0, 0.1) is 0 Å². The molecule has 2 N–H and O–H groups in total. The summed E-state index contributed by atoms with van der Waals surface area (Å²) >= 11 is 19.1. The van der Waals surface area contributed by atoms with Gasteiger partial charge in [-0.05, 0) is 36.4 Å². The standard InChI is InChI=1S/C15H10Cl3N5O2S2/c16-9-7-12(17)14(13(18)8-9)21-23-20-10-1-3-11(4-2-10)27(24,25)22-15-19-5-6-26-15/h1-8H,(H,19,22)(H,20,21). The zero-order valence-electron chi connectivity index (χ0n) is 13.2. The molecule has 0 saturated heterocycles. The second-order valence-electron chi connectivity index (χ2n) is 5.00. The van der Waals surface area contributed by atoms with E-state index in [-0.39, 0.29) is 20.6 Å². The summed E-state index contributed by atoms with van der Waals surface area (Å²) in [6.07, 6.45) is 1.51. The quantitative estimate of drug-likeness (QED) is 0.346. The number of anilines is 2. The number of rotatable bonds is 6. The molecule has 0 aliphatic heterocycles. The van der Waals surface area contributed by atoms with Crippen LogP contribution in [-0.2, 0) is 10.0 Å². The van der Waals surface area contributed by atoms with Crippen molar-refractivity contribution in [2.75, 3.05) is 10.1 Å². The van der Waals surface area contributed by atoms with Gasteiger partial charge in [-0.15, -0.1) is 16.5 Å². The number of hydrogen-bond acceptors (Lipinski definition) is 6. The summed E-state index contributed by atoms with van der Waals surface area (Å²) in [5.74, 6) is 0. The van der Waals surface area contributed by atoms with Crippen molar-refractivity contribution in [3.63, 3.8) is 0 Å². The van der Waals surface area contributed by atoms with Gasteiger partial charge in [0.05, 0.1) is 20.6 Å². The number of nitrogens with zero attached hydrogens (tertiary/aromatic N) is 3. The first-order valence-electron chi connectivity index (χ1n) is 7.19. The largest absolute Gasteiger partial charge is 0.263 e. The molecule has 0 aliphatic rings. The van der Waals surface area contributed by atoms with Gasteiger partial charge in [-0.1, -0.05) is 40.0 Å². The predicted molar refractivity (Wildman–Crippen MR) is 109 cm³/mol. The van der Waals surface area contributed by atoms with Gasteiger partial charge in [0.1, 0.15) is 5.69 Å². The third kappa shape index (κ3) is 5.08. The van der Waals surface area contributed by atoms with Gasteiger partial charge in [0.2, 0.25) is 0 Å². The van der Waals surface area contributed by atoms with Crippen molar-refractivity contribution in [3.8, 4) is 0 Å². The molecule has 0 spiro atoms. The average Bonchev–Trinajstić information content (AvgIpc) is 3.10. The van der Waals surface area contributed by atoms with Gasteiger partial charge in [0, 0.05) is 16.6 Å². The zero-order chi connectivity index (χ0) is 19.4. The highest BCUT2D eigenvalue weighted by Crippen LogP contribution is 2.36. The van der Waals surface area contributed by atoms with Crippen molar-refractivity contribution in [1.82, 2.24) is 4.98 Å². The van der Waals surface area contributed by atoms with E-state index in [1.54, 1.807) is 17.5 Å². The third-order valence-corrected chi connectivity index (χ3v) is 6.10. The Morgan fingerprint density at radius 1 is 1.04 bits per heavy atom. The van der Waals surface area contributed by atoms with Crippen LogP contribution in [0.2, 0.25) is 15.1 Å². The minimum Gasteiger partial charge on any atom is -0.260 e. The molecule has 0 saturated carbocycles. The van der Waals surface area contributed by atoms with Crippen molar-refractivity contribution >= 4 is 72.7 Å². The lowest BCUT2D eigenvalue weighted by atomic mass is 10.3. The van der Waals surface area contributed by atoms with Gasteiger partial charge >= 0.3 is 0 Å². The lowest BCUT2D eigenvalue weighted by Crippen LogP contribution is -2.12. The van der Waals surface area contributed by atoms with Crippen molar-refractivity contribution in [2.45, 2.75) is 4.90 Å².